The Hall–Kier alpha value is -4.80. The lowest BCUT2D eigenvalue weighted by Crippen LogP contribution is -2.24. The maximum atomic E-state index is 14.2. The monoisotopic (exact) mass is 590 g/mol. The summed E-state index contributed by atoms with van der Waals surface area (Å²) < 4.78 is 44.4. The maximum absolute atomic E-state index is 14.2. The second-order valence-corrected chi connectivity index (χ2v) is 10.5. The van der Waals surface area contributed by atoms with Gasteiger partial charge in [-0.3, -0.25) is 9.69 Å². The summed E-state index contributed by atoms with van der Waals surface area (Å²) in [4.78, 5) is 21.1. The molecule has 4 aromatic rings. The minimum absolute atomic E-state index is 0.0101. The SMILES string of the molecule is CCNc1cc(-c2ccc(C#N)cc2-c2nncn2C)cc(N2Cc3c(cc(C(O)CN(C)C)cc3C(F)(F)F)C2=O)n1. The minimum Gasteiger partial charge on any atom is -0.387 e. The van der Waals surface area contributed by atoms with Crippen molar-refractivity contribution in [3.8, 4) is 28.6 Å². The smallest absolute Gasteiger partial charge is 0.387 e. The zero-order valence-electron chi connectivity index (χ0n) is 23.9. The van der Waals surface area contributed by atoms with Gasteiger partial charge in [0.1, 0.15) is 18.0 Å². The number of carbonyl (C=O) groups is 1. The largest absolute Gasteiger partial charge is 0.416 e. The van der Waals surface area contributed by atoms with E-state index in [0.717, 1.165) is 6.07 Å². The van der Waals surface area contributed by atoms with Gasteiger partial charge in [-0.15, -0.1) is 10.2 Å². The lowest BCUT2D eigenvalue weighted by atomic mass is 9.96. The molecular weight excluding hydrogens is 561 g/mol. The number of aryl methyl sites for hydroxylation is 1. The molecule has 0 saturated heterocycles. The molecule has 5 rings (SSSR count). The zero-order valence-corrected chi connectivity index (χ0v) is 23.9. The number of rotatable bonds is 8. The molecular formula is C30H29F3N8O2. The van der Waals surface area contributed by atoms with Crippen LogP contribution in [0.15, 0.2) is 48.8 Å². The number of nitrogens with one attached hydrogen (secondary N) is 1. The van der Waals surface area contributed by atoms with Crippen molar-refractivity contribution in [2.75, 3.05) is 37.4 Å². The van der Waals surface area contributed by atoms with E-state index in [0.29, 0.717) is 40.4 Å². The number of nitrogens with zero attached hydrogens (tertiary/aromatic N) is 7. The molecule has 2 aromatic heterocycles. The van der Waals surface area contributed by atoms with Gasteiger partial charge in [-0.25, -0.2) is 4.98 Å². The Balaban J connectivity index is 1.64. The van der Waals surface area contributed by atoms with E-state index in [2.05, 4.69) is 26.6 Å². The van der Waals surface area contributed by atoms with Crippen molar-refractivity contribution in [2.24, 2.45) is 7.05 Å². The van der Waals surface area contributed by atoms with Gasteiger partial charge in [0.05, 0.1) is 29.8 Å². The van der Waals surface area contributed by atoms with Crippen LogP contribution in [0, 0.1) is 11.3 Å². The molecule has 1 aliphatic heterocycles. The second kappa shape index (κ2) is 11.5. The molecule has 1 unspecified atom stereocenters. The van der Waals surface area contributed by atoms with E-state index in [4.69, 9.17) is 0 Å². The fourth-order valence-corrected chi connectivity index (χ4v) is 5.17. The summed E-state index contributed by atoms with van der Waals surface area (Å²) >= 11 is 0. The van der Waals surface area contributed by atoms with E-state index in [9.17, 15) is 28.3 Å². The molecule has 10 nitrogen and oxygen atoms in total. The Labute approximate surface area is 246 Å². The number of carbonyl (C=O) groups excluding carboxylic acids is 1. The van der Waals surface area contributed by atoms with E-state index in [-0.39, 0.29) is 35.6 Å². The molecule has 0 bridgehead atoms. The normalized spacial score (nSPS) is 13.8. The number of pyridine rings is 1. The third-order valence-corrected chi connectivity index (χ3v) is 7.15. The first kappa shape index (κ1) is 29.7. The standard InChI is InChI=1S/C30H29F3N8O2/c1-5-35-26-11-18(20-7-6-17(13-34)8-21(20)28-38-36-16-40(28)4)12-27(37-26)41-14-23-22(29(41)43)9-19(25(42)15-39(2)3)10-24(23)30(31,32)33/h6-12,16,25,42H,5,14-15H2,1-4H3,(H,35,37). The molecule has 3 heterocycles. The average molecular weight is 591 g/mol. The molecule has 13 heteroatoms. The third-order valence-electron chi connectivity index (χ3n) is 7.15. The number of aliphatic hydroxyl groups excluding tert-OH is 1. The Kier molecular flexibility index (Phi) is 7.92. The Morgan fingerprint density at radius 3 is 2.53 bits per heavy atom. The second-order valence-electron chi connectivity index (χ2n) is 10.5. The van der Waals surface area contributed by atoms with Crippen molar-refractivity contribution in [3.63, 3.8) is 0 Å². The van der Waals surface area contributed by atoms with E-state index in [1.165, 1.54) is 17.3 Å². The van der Waals surface area contributed by atoms with Gasteiger partial charge >= 0.3 is 6.18 Å². The number of likely N-dealkylation sites (N-methyl/N-ethyl adjacent to an activating group) is 1. The number of benzene rings is 2. The first-order valence-corrected chi connectivity index (χ1v) is 13.4. The van der Waals surface area contributed by atoms with Crippen molar-refractivity contribution in [1.29, 1.82) is 5.26 Å². The Morgan fingerprint density at radius 1 is 1.14 bits per heavy atom. The maximum Gasteiger partial charge on any atom is 0.416 e. The van der Waals surface area contributed by atoms with Crippen molar-refractivity contribution in [2.45, 2.75) is 25.7 Å². The number of hydrogen-bond donors (Lipinski definition) is 2. The van der Waals surface area contributed by atoms with Crippen LogP contribution < -0.4 is 10.2 Å². The summed E-state index contributed by atoms with van der Waals surface area (Å²) in [5, 5.41) is 31.4. The van der Waals surface area contributed by atoms with Crippen LogP contribution in [0.4, 0.5) is 24.8 Å². The van der Waals surface area contributed by atoms with Gasteiger partial charge in [0, 0.05) is 31.3 Å². The minimum atomic E-state index is -4.74. The molecule has 0 aliphatic carbocycles. The summed E-state index contributed by atoms with van der Waals surface area (Å²) in [6.07, 6.45) is -4.44. The van der Waals surface area contributed by atoms with Crippen LogP contribution in [0.3, 0.4) is 0 Å². The molecule has 0 radical (unpaired) electrons. The Morgan fingerprint density at radius 2 is 1.91 bits per heavy atom. The topological polar surface area (TPSA) is 123 Å². The van der Waals surface area contributed by atoms with Crippen molar-refractivity contribution in [3.05, 3.63) is 76.6 Å². The highest BCUT2D eigenvalue weighted by atomic mass is 19.4. The quantitative estimate of drug-likeness (QED) is 0.305. The summed E-state index contributed by atoms with van der Waals surface area (Å²) in [5.74, 6) is 0.398. The van der Waals surface area contributed by atoms with Gasteiger partial charge in [-0.2, -0.15) is 18.4 Å². The number of amides is 1. The molecule has 1 aliphatic rings. The van der Waals surface area contributed by atoms with E-state index >= 15 is 0 Å². The number of halogens is 3. The lowest BCUT2D eigenvalue weighted by Gasteiger charge is -2.19. The van der Waals surface area contributed by atoms with Crippen molar-refractivity contribution < 1.29 is 23.1 Å². The number of aliphatic hydroxyl groups is 1. The van der Waals surface area contributed by atoms with Gasteiger partial charge in [-0.1, -0.05) is 6.07 Å². The highest BCUT2D eigenvalue weighted by molar-refractivity contribution is 6.10. The number of alkyl halides is 3. The number of nitriles is 1. The molecule has 1 amide bonds. The first-order valence-electron chi connectivity index (χ1n) is 13.4. The van der Waals surface area contributed by atoms with Gasteiger partial charge in [0.15, 0.2) is 5.82 Å². The fraction of sp³-hybridized carbons (Fsp3) is 0.300. The van der Waals surface area contributed by atoms with Crippen molar-refractivity contribution >= 4 is 17.5 Å². The van der Waals surface area contributed by atoms with Gasteiger partial charge in [-0.05, 0) is 79.7 Å². The lowest BCUT2D eigenvalue weighted by molar-refractivity contribution is -0.138. The van der Waals surface area contributed by atoms with E-state index in [1.54, 1.807) is 60.9 Å². The highest BCUT2D eigenvalue weighted by Crippen LogP contribution is 2.41. The van der Waals surface area contributed by atoms with Gasteiger partial charge in [0.2, 0.25) is 0 Å². The van der Waals surface area contributed by atoms with Crippen LogP contribution in [0.1, 0.15) is 45.6 Å². The molecule has 0 spiro atoms. The van der Waals surface area contributed by atoms with Crippen LogP contribution in [-0.4, -0.2) is 62.8 Å². The van der Waals surface area contributed by atoms with Crippen LogP contribution in [0.25, 0.3) is 22.5 Å². The Bertz CT molecular complexity index is 1740. The zero-order chi connectivity index (χ0) is 31.1. The molecule has 43 heavy (non-hydrogen) atoms. The molecule has 1 atom stereocenters. The fourth-order valence-electron chi connectivity index (χ4n) is 5.17. The number of fused-ring (bicyclic) bond motifs is 1. The number of aromatic nitrogens is 4. The highest BCUT2D eigenvalue weighted by Gasteiger charge is 2.41. The van der Waals surface area contributed by atoms with Crippen molar-refractivity contribution in [1.82, 2.24) is 24.6 Å². The molecule has 2 aromatic carbocycles. The summed E-state index contributed by atoms with van der Waals surface area (Å²) in [7, 11) is 5.15. The first-order chi connectivity index (χ1) is 20.4. The van der Waals surface area contributed by atoms with Crippen LogP contribution >= 0.6 is 0 Å². The van der Waals surface area contributed by atoms with E-state index < -0.39 is 23.8 Å². The predicted molar refractivity (Wildman–Crippen MR) is 154 cm³/mol. The molecule has 0 saturated carbocycles. The van der Waals surface area contributed by atoms with Crippen LogP contribution in [0.5, 0.6) is 0 Å². The number of anilines is 2. The summed E-state index contributed by atoms with van der Waals surface area (Å²) in [6.45, 7) is 2.10. The van der Waals surface area contributed by atoms with Gasteiger partial charge < -0.3 is 19.9 Å². The number of hydrogen-bond acceptors (Lipinski definition) is 8. The predicted octanol–water partition coefficient (Wildman–Crippen LogP) is 4.62. The summed E-state index contributed by atoms with van der Waals surface area (Å²) in [6, 6.07) is 12.8. The molecule has 222 valence electrons. The average Bonchev–Trinajstić information content (AvgIpc) is 3.53. The molecule has 0 fully saturated rings. The van der Waals surface area contributed by atoms with E-state index in [1.807, 2.05) is 6.92 Å². The van der Waals surface area contributed by atoms with Crippen LogP contribution in [-0.2, 0) is 19.8 Å². The third kappa shape index (κ3) is 5.79. The van der Waals surface area contributed by atoms with Gasteiger partial charge in [0.25, 0.3) is 5.91 Å². The summed E-state index contributed by atoms with van der Waals surface area (Å²) in [5.41, 5.74) is 1.02. The van der Waals surface area contributed by atoms with Crippen LogP contribution in [0.2, 0.25) is 0 Å². The molecule has 2 N–H and O–H groups in total.